The molecule has 0 saturated heterocycles. The van der Waals surface area contributed by atoms with Gasteiger partial charge in [0.25, 0.3) is 0 Å². The van der Waals surface area contributed by atoms with Gasteiger partial charge >= 0.3 is 5.97 Å². The third-order valence-corrected chi connectivity index (χ3v) is 11.5. The molecular formula is C25H40O4. The van der Waals surface area contributed by atoms with Crippen LogP contribution in [0.5, 0.6) is 0 Å². The fourth-order valence-electron chi connectivity index (χ4n) is 10.3. The Morgan fingerprint density at radius 2 is 1.76 bits per heavy atom. The lowest BCUT2D eigenvalue weighted by Gasteiger charge is -2.58. The summed E-state index contributed by atoms with van der Waals surface area (Å²) in [6.07, 6.45) is 5.84. The molecule has 3 N–H and O–H groups in total. The third kappa shape index (κ3) is 1.94. The highest BCUT2D eigenvalue weighted by Gasteiger charge is 2.92. The summed E-state index contributed by atoms with van der Waals surface area (Å²) in [6.45, 7) is 11.1. The van der Waals surface area contributed by atoms with Crippen LogP contribution in [0.3, 0.4) is 0 Å². The Kier molecular flexibility index (Phi) is 4.05. The summed E-state index contributed by atoms with van der Waals surface area (Å²) in [4.78, 5) is 13.0. The van der Waals surface area contributed by atoms with Crippen molar-refractivity contribution in [3.8, 4) is 0 Å². The fourth-order valence-corrected chi connectivity index (χ4v) is 10.3. The van der Waals surface area contributed by atoms with Crippen molar-refractivity contribution in [3.63, 3.8) is 0 Å². The van der Waals surface area contributed by atoms with Crippen molar-refractivity contribution in [1.29, 1.82) is 0 Å². The number of hydrogen-bond donors (Lipinski definition) is 3. The van der Waals surface area contributed by atoms with Crippen LogP contribution >= 0.6 is 0 Å². The lowest BCUT2D eigenvalue weighted by molar-refractivity contribution is -0.232. The summed E-state index contributed by atoms with van der Waals surface area (Å²) in [5.74, 6) is 0.604. The second kappa shape index (κ2) is 5.79. The zero-order valence-electron chi connectivity index (χ0n) is 18.8. The van der Waals surface area contributed by atoms with Crippen molar-refractivity contribution < 1.29 is 20.1 Å². The van der Waals surface area contributed by atoms with Gasteiger partial charge in [0.1, 0.15) is 5.41 Å². The molecule has 0 radical (unpaired) electrons. The Hall–Kier alpha value is -0.610. The predicted octanol–water partition coefficient (Wildman–Crippen LogP) is 4.33. The number of carboxylic acids is 1. The minimum Gasteiger partial charge on any atom is -0.481 e. The average molecular weight is 405 g/mol. The van der Waals surface area contributed by atoms with Crippen molar-refractivity contribution in [1.82, 2.24) is 0 Å². The van der Waals surface area contributed by atoms with Gasteiger partial charge in [-0.1, -0.05) is 34.6 Å². The monoisotopic (exact) mass is 404 g/mol. The first-order chi connectivity index (χ1) is 13.5. The maximum Gasteiger partial charge on any atom is 0.313 e. The molecule has 0 heterocycles. The van der Waals surface area contributed by atoms with Crippen LogP contribution in [0, 0.1) is 57.7 Å². The van der Waals surface area contributed by atoms with Crippen LogP contribution in [0.2, 0.25) is 0 Å². The highest BCUT2D eigenvalue weighted by molar-refractivity contribution is 5.84. The molecular weight excluding hydrogens is 364 g/mol. The maximum absolute atomic E-state index is 13.0. The lowest BCUT2D eigenvalue weighted by Crippen LogP contribution is -2.66. The van der Waals surface area contributed by atoms with E-state index < -0.39 is 23.1 Å². The zero-order chi connectivity index (χ0) is 21.1. The van der Waals surface area contributed by atoms with E-state index in [0.717, 1.165) is 38.5 Å². The molecule has 5 rings (SSSR count). The van der Waals surface area contributed by atoms with Crippen LogP contribution < -0.4 is 0 Å². The van der Waals surface area contributed by atoms with Crippen molar-refractivity contribution in [2.45, 2.75) is 91.3 Å². The molecule has 29 heavy (non-hydrogen) atoms. The Morgan fingerprint density at radius 1 is 1.07 bits per heavy atom. The number of hydrogen-bond acceptors (Lipinski definition) is 3. The molecule has 0 aromatic rings. The minimum atomic E-state index is -1.30. The molecule has 1 spiro atoms. The van der Waals surface area contributed by atoms with Crippen molar-refractivity contribution in [2.75, 3.05) is 0 Å². The molecule has 0 bridgehead atoms. The van der Waals surface area contributed by atoms with Gasteiger partial charge in [-0.2, -0.15) is 0 Å². The Bertz CT molecular complexity index is 734. The number of aliphatic hydroxyl groups is 2. The van der Waals surface area contributed by atoms with Gasteiger partial charge in [-0.3, -0.25) is 4.79 Å². The molecule has 4 heteroatoms. The molecule has 5 fully saturated rings. The molecule has 11 unspecified atom stereocenters. The van der Waals surface area contributed by atoms with Crippen molar-refractivity contribution in [3.05, 3.63) is 0 Å². The number of rotatable bonds is 2. The van der Waals surface area contributed by atoms with Gasteiger partial charge < -0.3 is 15.3 Å². The summed E-state index contributed by atoms with van der Waals surface area (Å²) in [6, 6.07) is 0. The van der Waals surface area contributed by atoms with Gasteiger partial charge in [0.05, 0.1) is 11.7 Å². The second-order valence-corrected chi connectivity index (χ2v) is 12.4. The number of fused-ring (bicyclic) bond motifs is 4. The van der Waals surface area contributed by atoms with Crippen LogP contribution in [0.15, 0.2) is 0 Å². The number of carbonyl (C=O) groups is 1. The van der Waals surface area contributed by atoms with Gasteiger partial charge in [-0.05, 0) is 91.3 Å². The van der Waals surface area contributed by atoms with E-state index in [2.05, 4.69) is 34.6 Å². The molecule has 11 atom stereocenters. The Labute approximate surface area is 175 Å². The van der Waals surface area contributed by atoms with Gasteiger partial charge in [-0.25, -0.2) is 0 Å². The van der Waals surface area contributed by atoms with Crippen LogP contribution in [-0.4, -0.2) is 33.0 Å². The van der Waals surface area contributed by atoms with E-state index in [4.69, 9.17) is 0 Å². The molecule has 4 nitrogen and oxygen atoms in total. The fraction of sp³-hybridized carbons (Fsp3) is 0.960. The first-order valence-electron chi connectivity index (χ1n) is 12.1. The van der Waals surface area contributed by atoms with Crippen LogP contribution in [0.1, 0.15) is 79.6 Å². The van der Waals surface area contributed by atoms with Gasteiger partial charge in [0.2, 0.25) is 0 Å². The van der Waals surface area contributed by atoms with Crippen LogP contribution in [0.4, 0.5) is 0 Å². The lowest BCUT2D eigenvalue weighted by atomic mass is 9.49. The van der Waals surface area contributed by atoms with Gasteiger partial charge in [-0.15, -0.1) is 0 Å². The molecule has 0 amide bonds. The van der Waals surface area contributed by atoms with E-state index in [1.54, 1.807) is 0 Å². The number of carboxylic acid groups (broad SMARTS) is 1. The second-order valence-electron chi connectivity index (χ2n) is 12.4. The Morgan fingerprint density at radius 3 is 2.38 bits per heavy atom. The topological polar surface area (TPSA) is 77.8 Å². The molecule has 5 aliphatic carbocycles. The van der Waals surface area contributed by atoms with Crippen LogP contribution in [0.25, 0.3) is 0 Å². The highest BCUT2D eigenvalue weighted by Crippen LogP contribution is 2.88. The maximum atomic E-state index is 13.0. The molecule has 5 aliphatic rings. The van der Waals surface area contributed by atoms with E-state index >= 15 is 0 Å². The quantitative estimate of drug-likeness (QED) is 0.640. The summed E-state index contributed by atoms with van der Waals surface area (Å²) in [5.41, 5.74) is -2.82. The van der Waals surface area contributed by atoms with E-state index in [0.29, 0.717) is 24.2 Å². The van der Waals surface area contributed by atoms with Gasteiger partial charge in [0, 0.05) is 5.92 Å². The normalized spacial score (nSPS) is 60.8. The SMILES string of the molecule is CC(C)C1CCC2(C)C(O)C3C(C)CCC45C(C)CCC4C5(C(=O)O)C3(O)CC12. The molecule has 164 valence electrons. The molecule has 5 saturated carbocycles. The molecule has 0 aromatic heterocycles. The number of aliphatic hydroxyl groups excluding tert-OH is 1. The smallest absolute Gasteiger partial charge is 0.313 e. The highest BCUT2D eigenvalue weighted by atomic mass is 16.4. The van der Waals surface area contributed by atoms with Gasteiger partial charge in [0.15, 0.2) is 0 Å². The van der Waals surface area contributed by atoms with E-state index in [1.807, 2.05) is 0 Å². The first kappa shape index (κ1) is 20.3. The predicted molar refractivity (Wildman–Crippen MR) is 111 cm³/mol. The van der Waals surface area contributed by atoms with E-state index in [9.17, 15) is 20.1 Å². The zero-order valence-corrected chi connectivity index (χ0v) is 18.8. The average Bonchev–Trinajstić information content (AvgIpc) is 2.96. The standard InChI is InChI=1S/C25H40O4/c1-13(2)16-9-10-22(5)17(16)12-24(29)19(20(22)26)14(3)8-11-23-15(4)6-7-18(23)25(23,24)21(27)28/h13-20,26,29H,6-12H2,1-5H3,(H,27,28). The summed E-state index contributed by atoms with van der Waals surface area (Å²) in [5, 5.41) is 35.1. The van der Waals surface area contributed by atoms with Crippen molar-refractivity contribution in [2.24, 2.45) is 57.7 Å². The van der Waals surface area contributed by atoms with E-state index in [-0.39, 0.29) is 34.5 Å². The van der Waals surface area contributed by atoms with Crippen molar-refractivity contribution >= 4 is 5.97 Å². The largest absolute Gasteiger partial charge is 0.481 e. The summed E-state index contributed by atoms with van der Waals surface area (Å²) >= 11 is 0. The van der Waals surface area contributed by atoms with Crippen LogP contribution in [-0.2, 0) is 4.79 Å². The molecule has 0 aromatic carbocycles. The summed E-state index contributed by atoms with van der Waals surface area (Å²) < 4.78 is 0. The van der Waals surface area contributed by atoms with E-state index in [1.165, 1.54) is 0 Å². The number of aliphatic carboxylic acids is 1. The molecule has 0 aliphatic heterocycles. The third-order valence-electron chi connectivity index (χ3n) is 11.5. The summed E-state index contributed by atoms with van der Waals surface area (Å²) in [7, 11) is 0. The first-order valence-corrected chi connectivity index (χ1v) is 12.1. The Balaban J connectivity index is 1.69. The minimum absolute atomic E-state index is 0.0814.